The maximum Gasteiger partial charge on any atom is 0.319 e. The molecule has 0 spiro atoms. The second-order valence-electron chi connectivity index (χ2n) is 4.75. The Hall–Kier alpha value is -2.11. The molecule has 1 aromatic heterocycles. The highest BCUT2D eigenvalue weighted by atomic mass is 16.2. The van der Waals surface area contributed by atoms with Crippen molar-refractivity contribution >= 4 is 11.9 Å². The van der Waals surface area contributed by atoms with Gasteiger partial charge < -0.3 is 15.1 Å². The summed E-state index contributed by atoms with van der Waals surface area (Å²) in [4.78, 5) is 31.1. The zero-order valence-electron chi connectivity index (χ0n) is 11.4. The number of nitrogens with zero attached hydrogens (tertiary/aromatic N) is 3. The van der Waals surface area contributed by atoms with Gasteiger partial charge in [-0.15, -0.1) is 0 Å². The topological polar surface area (TPSA) is 65.5 Å². The SMILES string of the molecule is CNC(=O)c1cncc2c1CCN(C(=O)N(C)C)C2. The number of pyridine rings is 1. The zero-order valence-corrected chi connectivity index (χ0v) is 11.4. The fourth-order valence-electron chi connectivity index (χ4n) is 2.27. The van der Waals surface area contributed by atoms with Gasteiger partial charge in [0, 0.05) is 46.6 Å². The lowest BCUT2D eigenvalue weighted by Gasteiger charge is -2.31. The van der Waals surface area contributed by atoms with E-state index in [-0.39, 0.29) is 11.9 Å². The lowest BCUT2D eigenvalue weighted by atomic mass is 9.97. The first-order chi connectivity index (χ1) is 9.04. The monoisotopic (exact) mass is 262 g/mol. The second-order valence-corrected chi connectivity index (χ2v) is 4.75. The molecule has 0 saturated heterocycles. The molecule has 0 atom stereocenters. The van der Waals surface area contributed by atoms with E-state index in [0.717, 1.165) is 11.1 Å². The van der Waals surface area contributed by atoms with Crippen LogP contribution in [0.1, 0.15) is 21.5 Å². The smallest absolute Gasteiger partial charge is 0.319 e. The third-order valence-electron chi connectivity index (χ3n) is 3.26. The Morgan fingerprint density at radius 1 is 1.37 bits per heavy atom. The minimum absolute atomic E-state index is 0.0176. The first-order valence-electron chi connectivity index (χ1n) is 6.18. The van der Waals surface area contributed by atoms with Gasteiger partial charge in [-0.2, -0.15) is 0 Å². The maximum atomic E-state index is 11.9. The summed E-state index contributed by atoms with van der Waals surface area (Å²) in [5, 5.41) is 2.62. The quantitative estimate of drug-likeness (QED) is 0.800. The van der Waals surface area contributed by atoms with E-state index in [0.29, 0.717) is 25.1 Å². The van der Waals surface area contributed by atoms with Crippen molar-refractivity contribution in [3.63, 3.8) is 0 Å². The van der Waals surface area contributed by atoms with Crippen molar-refractivity contribution in [2.24, 2.45) is 0 Å². The summed E-state index contributed by atoms with van der Waals surface area (Å²) in [5.41, 5.74) is 2.55. The van der Waals surface area contributed by atoms with Crippen molar-refractivity contribution in [1.29, 1.82) is 0 Å². The van der Waals surface area contributed by atoms with Gasteiger partial charge in [-0.3, -0.25) is 9.78 Å². The van der Waals surface area contributed by atoms with Crippen LogP contribution in [0.15, 0.2) is 12.4 Å². The third kappa shape index (κ3) is 2.52. The Kier molecular flexibility index (Phi) is 3.69. The molecule has 1 aliphatic heterocycles. The first-order valence-corrected chi connectivity index (χ1v) is 6.18. The van der Waals surface area contributed by atoms with Gasteiger partial charge in [0.2, 0.25) is 0 Å². The maximum absolute atomic E-state index is 11.9. The lowest BCUT2D eigenvalue weighted by Crippen LogP contribution is -2.42. The van der Waals surface area contributed by atoms with Crippen LogP contribution in [0.4, 0.5) is 4.79 Å². The average molecular weight is 262 g/mol. The molecule has 0 radical (unpaired) electrons. The Balaban J connectivity index is 2.28. The predicted octanol–water partition coefficient (Wildman–Crippen LogP) is 0.481. The van der Waals surface area contributed by atoms with Crippen LogP contribution >= 0.6 is 0 Å². The van der Waals surface area contributed by atoms with E-state index in [1.807, 2.05) is 0 Å². The van der Waals surface area contributed by atoms with Crippen molar-refractivity contribution < 1.29 is 9.59 Å². The van der Waals surface area contributed by atoms with Crippen LogP contribution in [0.2, 0.25) is 0 Å². The second kappa shape index (κ2) is 5.26. The van der Waals surface area contributed by atoms with Crippen molar-refractivity contribution in [2.75, 3.05) is 27.7 Å². The number of fused-ring (bicyclic) bond motifs is 1. The number of amides is 3. The minimum Gasteiger partial charge on any atom is -0.355 e. The lowest BCUT2D eigenvalue weighted by molar-refractivity contribution is 0.0961. The summed E-state index contributed by atoms with van der Waals surface area (Å²) < 4.78 is 0. The van der Waals surface area contributed by atoms with E-state index in [1.165, 1.54) is 0 Å². The summed E-state index contributed by atoms with van der Waals surface area (Å²) in [6.45, 7) is 1.13. The van der Waals surface area contributed by atoms with Gasteiger partial charge in [0.1, 0.15) is 0 Å². The Morgan fingerprint density at radius 2 is 2.11 bits per heavy atom. The van der Waals surface area contributed by atoms with Gasteiger partial charge in [-0.05, 0) is 17.5 Å². The molecular weight excluding hydrogens is 244 g/mol. The van der Waals surface area contributed by atoms with Crippen molar-refractivity contribution in [3.05, 3.63) is 29.1 Å². The summed E-state index contributed by atoms with van der Waals surface area (Å²) in [7, 11) is 5.07. The van der Waals surface area contributed by atoms with E-state index < -0.39 is 0 Å². The molecule has 0 bridgehead atoms. The summed E-state index contributed by atoms with van der Waals surface area (Å²) >= 11 is 0. The number of hydrogen-bond acceptors (Lipinski definition) is 3. The van der Waals surface area contributed by atoms with Crippen LogP contribution in [0.3, 0.4) is 0 Å². The molecule has 3 amide bonds. The Morgan fingerprint density at radius 3 is 2.74 bits per heavy atom. The summed E-state index contributed by atoms with van der Waals surface area (Å²) in [5.74, 6) is -0.128. The molecule has 0 fully saturated rings. The van der Waals surface area contributed by atoms with Crippen LogP contribution < -0.4 is 5.32 Å². The molecule has 6 heteroatoms. The molecule has 1 aromatic rings. The number of carbonyl (C=O) groups is 2. The van der Waals surface area contributed by atoms with Crippen molar-refractivity contribution in [2.45, 2.75) is 13.0 Å². The van der Waals surface area contributed by atoms with Crippen molar-refractivity contribution in [1.82, 2.24) is 20.1 Å². The molecule has 0 unspecified atom stereocenters. The molecule has 1 N–H and O–H groups in total. The molecule has 1 aliphatic rings. The fourth-order valence-corrected chi connectivity index (χ4v) is 2.27. The molecule has 19 heavy (non-hydrogen) atoms. The number of aromatic nitrogens is 1. The molecule has 2 rings (SSSR count). The number of carbonyl (C=O) groups excluding carboxylic acids is 2. The van der Waals surface area contributed by atoms with E-state index in [2.05, 4.69) is 10.3 Å². The van der Waals surface area contributed by atoms with Gasteiger partial charge in [-0.1, -0.05) is 0 Å². The van der Waals surface area contributed by atoms with Crippen LogP contribution in [0, 0.1) is 0 Å². The number of hydrogen-bond donors (Lipinski definition) is 1. The minimum atomic E-state index is -0.128. The highest BCUT2D eigenvalue weighted by molar-refractivity contribution is 5.95. The predicted molar refractivity (Wildman–Crippen MR) is 70.8 cm³/mol. The van der Waals surface area contributed by atoms with Crippen LogP contribution in [0.25, 0.3) is 0 Å². The van der Waals surface area contributed by atoms with Crippen LogP contribution in [0.5, 0.6) is 0 Å². The largest absolute Gasteiger partial charge is 0.355 e. The molecule has 0 aromatic carbocycles. The highest BCUT2D eigenvalue weighted by Crippen LogP contribution is 2.22. The molecule has 0 aliphatic carbocycles. The van der Waals surface area contributed by atoms with Gasteiger partial charge in [0.05, 0.1) is 5.56 Å². The standard InChI is InChI=1S/C13H18N4O2/c1-14-12(18)11-7-15-6-9-8-17(5-4-10(9)11)13(19)16(2)3/h6-7H,4-5,8H2,1-3H3,(H,14,18). The molecule has 102 valence electrons. The van der Waals surface area contributed by atoms with E-state index in [4.69, 9.17) is 0 Å². The average Bonchev–Trinajstić information content (AvgIpc) is 2.44. The highest BCUT2D eigenvalue weighted by Gasteiger charge is 2.25. The number of rotatable bonds is 1. The van der Waals surface area contributed by atoms with Gasteiger partial charge in [0.25, 0.3) is 5.91 Å². The van der Waals surface area contributed by atoms with Crippen LogP contribution in [-0.2, 0) is 13.0 Å². The van der Waals surface area contributed by atoms with Gasteiger partial charge in [-0.25, -0.2) is 4.79 Å². The normalized spacial score (nSPS) is 13.7. The molecule has 2 heterocycles. The Bertz CT molecular complexity index is 513. The molecule has 6 nitrogen and oxygen atoms in total. The molecule has 0 saturated carbocycles. The van der Waals surface area contributed by atoms with E-state index in [1.54, 1.807) is 43.3 Å². The van der Waals surface area contributed by atoms with Gasteiger partial charge in [0.15, 0.2) is 0 Å². The van der Waals surface area contributed by atoms with Crippen LogP contribution in [-0.4, -0.2) is 54.4 Å². The third-order valence-corrected chi connectivity index (χ3v) is 3.26. The van der Waals surface area contributed by atoms with E-state index >= 15 is 0 Å². The summed E-state index contributed by atoms with van der Waals surface area (Å²) in [6.07, 6.45) is 4.00. The van der Waals surface area contributed by atoms with Crippen molar-refractivity contribution in [3.8, 4) is 0 Å². The fraction of sp³-hybridized carbons (Fsp3) is 0.462. The zero-order chi connectivity index (χ0) is 14.0. The molecular formula is C13H18N4O2. The van der Waals surface area contributed by atoms with Gasteiger partial charge >= 0.3 is 6.03 Å². The first kappa shape index (κ1) is 13.3. The number of nitrogens with one attached hydrogen (secondary N) is 1. The number of urea groups is 1. The Labute approximate surface area is 112 Å². The summed E-state index contributed by atoms with van der Waals surface area (Å²) in [6, 6.07) is -0.0176. The van der Waals surface area contributed by atoms with E-state index in [9.17, 15) is 9.59 Å².